The van der Waals surface area contributed by atoms with Crippen molar-refractivity contribution in [1.82, 2.24) is 0 Å². The standard InChI is InChI=1S/C22H31IO2/c1-2-3-4-5-6-7-8-9-10-11-12-13-14-15-16-17-20(23)21-18-19-22(24)25-21/h3-4,6-7,9-10,12-13,15-16,20-21H,2,5,8,11,14,17-19H2,1H3/b4-3+,7-6+,10-9+,13-12+,16-15+. The molecule has 0 bridgehead atoms. The lowest BCUT2D eigenvalue weighted by Crippen LogP contribution is -2.19. The van der Waals surface area contributed by atoms with Crippen LogP contribution in [0.15, 0.2) is 60.8 Å². The van der Waals surface area contributed by atoms with Gasteiger partial charge in [-0.1, -0.05) is 90.3 Å². The van der Waals surface area contributed by atoms with E-state index in [4.69, 9.17) is 4.74 Å². The Kier molecular flexibility index (Phi) is 13.3. The van der Waals surface area contributed by atoms with E-state index in [-0.39, 0.29) is 12.1 Å². The van der Waals surface area contributed by atoms with Crippen LogP contribution < -0.4 is 0 Å². The van der Waals surface area contributed by atoms with Crippen LogP contribution in [0.1, 0.15) is 58.3 Å². The monoisotopic (exact) mass is 454 g/mol. The van der Waals surface area contributed by atoms with Gasteiger partial charge in [0.05, 0.1) is 3.92 Å². The van der Waals surface area contributed by atoms with Crippen molar-refractivity contribution < 1.29 is 9.53 Å². The van der Waals surface area contributed by atoms with Crippen LogP contribution >= 0.6 is 22.6 Å². The molecule has 1 rings (SSSR count). The number of halogens is 1. The van der Waals surface area contributed by atoms with E-state index in [1.165, 1.54) is 0 Å². The van der Waals surface area contributed by atoms with Crippen LogP contribution in [0.5, 0.6) is 0 Å². The minimum absolute atomic E-state index is 0.0459. The van der Waals surface area contributed by atoms with Crippen molar-refractivity contribution in [1.29, 1.82) is 0 Å². The maximum atomic E-state index is 11.1. The van der Waals surface area contributed by atoms with Crippen LogP contribution in [0.3, 0.4) is 0 Å². The van der Waals surface area contributed by atoms with E-state index in [2.05, 4.69) is 90.3 Å². The number of rotatable bonds is 12. The summed E-state index contributed by atoms with van der Waals surface area (Å²) < 4.78 is 5.67. The van der Waals surface area contributed by atoms with Crippen molar-refractivity contribution in [2.75, 3.05) is 0 Å². The second kappa shape index (κ2) is 15.2. The van der Waals surface area contributed by atoms with Crippen LogP contribution in [0, 0.1) is 0 Å². The minimum Gasteiger partial charge on any atom is -0.461 e. The zero-order chi connectivity index (χ0) is 18.2. The van der Waals surface area contributed by atoms with Crippen LogP contribution in [0.25, 0.3) is 0 Å². The summed E-state index contributed by atoms with van der Waals surface area (Å²) in [5.74, 6) is -0.0459. The first-order valence-corrected chi connectivity index (χ1v) is 10.6. The van der Waals surface area contributed by atoms with Gasteiger partial charge in [0.2, 0.25) is 0 Å². The second-order valence-corrected chi connectivity index (χ2v) is 7.63. The van der Waals surface area contributed by atoms with Gasteiger partial charge in [-0.15, -0.1) is 0 Å². The Morgan fingerprint density at radius 3 is 1.84 bits per heavy atom. The first kappa shape index (κ1) is 21.9. The Balaban J connectivity index is 2.01. The van der Waals surface area contributed by atoms with Gasteiger partial charge >= 0.3 is 5.97 Å². The molecule has 1 aliphatic heterocycles. The molecule has 0 aliphatic carbocycles. The van der Waals surface area contributed by atoms with Crippen LogP contribution in [0.4, 0.5) is 0 Å². The predicted octanol–water partition coefficient (Wildman–Crippen LogP) is 6.64. The Morgan fingerprint density at radius 2 is 1.40 bits per heavy atom. The van der Waals surface area contributed by atoms with Gasteiger partial charge in [-0.25, -0.2) is 0 Å². The molecule has 2 unspecified atom stereocenters. The van der Waals surface area contributed by atoms with E-state index < -0.39 is 0 Å². The summed E-state index contributed by atoms with van der Waals surface area (Å²) >= 11 is 2.39. The molecule has 0 spiro atoms. The van der Waals surface area contributed by atoms with Gasteiger partial charge in [-0.3, -0.25) is 4.79 Å². The van der Waals surface area contributed by atoms with Gasteiger partial charge < -0.3 is 4.74 Å². The molecule has 3 heteroatoms. The maximum absolute atomic E-state index is 11.1. The Bertz CT molecular complexity index is 500. The molecule has 1 heterocycles. The number of carbonyl (C=O) groups is 1. The molecule has 138 valence electrons. The number of ether oxygens (including phenoxy) is 1. The van der Waals surface area contributed by atoms with Crippen molar-refractivity contribution in [3.63, 3.8) is 0 Å². The van der Waals surface area contributed by atoms with Crippen molar-refractivity contribution in [3.05, 3.63) is 60.8 Å². The van der Waals surface area contributed by atoms with Crippen LogP contribution in [-0.4, -0.2) is 16.0 Å². The van der Waals surface area contributed by atoms with E-state index in [9.17, 15) is 4.79 Å². The topological polar surface area (TPSA) is 26.3 Å². The third-order valence-electron chi connectivity index (χ3n) is 3.84. The maximum Gasteiger partial charge on any atom is 0.306 e. The average molecular weight is 454 g/mol. The third-order valence-corrected chi connectivity index (χ3v) is 5.15. The number of allylic oxidation sites excluding steroid dienone is 10. The number of cyclic esters (lactones) is 1. The number of esters is 1. The highest BCUT2D eigenvalue weighted by Gasteiger charge is 2.28. The molecule has 0 N–H and O–H groups in total. The number of carbonyl (C=O) groups excluding carboxylic acids is 1. The van der Waals surface area contributed by atoms with Gasteiger partial charge in [-0.05, 0) is 44.9 Å². The average Bonchev–Trinajstić information content (AvgIpc) is 3.04. The highest BCUT2D eigenvalue weighted by atomic mass is 127. The summed E-state index contributed by atoms with van der Waals surface area (Å²) in [5.41, 5.74) is 0. The number of hydrogen-bond donors (Lipinski definition) is 0. The quantitative estimate of drug-likeness (QED) is 0.143. The van der Waals surface area contributed by atoms with E-state index in [1.807, 2.05) is 0 Å². The molecule has 1 aliphatic rings. The molecular weight excluding hydrogens is 423 g/mol. The van der Waals surface area contributed by atoms with Crippen molar-refractivity contribution in [2.45, 2.75) is 68.3 Å². The zero-order valence-electron chi connectivity index (χ0n) is 15.3. The minimum atomic E-state index is -0.0459. The molecule has 0 aromatic heterocycles. The van der Waals surface area contributed by atoms with Crippen LogP contribution in [-0.2, 0) is 9.53 Å². The Morgan fingerprint density at radius 1 is 0.920 bits per heavy atom. The van der Waals surface area contributed by atoms with Crippen LogP contribution in [0.2, 0.25) is 0 Å². The molecule has 2 nitrogen and oxygen atoms in total. The summed E-state index contributed by atoms with van der Waals surface area (Å²) in [6.07, 6.45) is 29.7. The third kappa shape index (κ3) is 12.0. The second-order valence-electron chi connectivity index (χ2n) is 6.03. The lowest BCUT2D eigenvalue weighted by molar-refractivity contribution is -0.141. The molecule has 25 heavy (non-hydrogen) atoms. The van der Waals surface area contributed by atoms with Gasteiger partial charge in [0.15, 0.2) is 0 Å². The van der Waals surface area contributed by atoms with E-state index >= 15 is 0 Å². The SMILES string of the molecule is CC/C=C/C/C=C/C/C=C/C/C=C/C/C=C/CC(I)C1CCC(=O)O1. The van der Waals surface area contributed by atoms with Gasteiger partial charge in [0, 0.05) is 6.42 Å². The molecule has 0 radical (unpaired) electrons. The normalized spacial score (nSPS) is 20.1. The van der Waals surface area contributed by atoms with E-state index in [0.29, 0.717) is 10.3 Å². The largest absolute Gasteiger partial charge is 0.461 e. The smallest absolute Gasteiger partial charge is 0.306 e. The molecule has 2 atom stereocenters. The molecular formula is C22H31IO2. The number of hydrogen-bond acceptors (Lipinski definition) is 2. The molecule has 1 fully saturated rings. The van der Waals surface area contributed by atoms with Gasteiger partial charge in [-0.2, -0.15) is 0 Å². The fourth-order valence-electron chi connectivity index (χ4n) is 2.43. The molecule has 1 saturated heterocycles. The fourth-order valence-corrected chi connectivity index (χ4v) is 3.23. The molecule has 0 amide bonds. The van der Waals surface area contributed by atoms with Crippen molar-refractivity contribution in [2.24, 2.45) is 0 Å². The van der Waals surface area contributed by atoms with Crippen molar-refractivity contribution >= 4 is 28.6 Å². The summed E-state index contributed by atoms with van der Waals surface area (Å²) in [4.78, 5) is 11.1. The summed E-state index contributed by atoms with van der Waals surface area (Å²) in [6.45, 7) is 2.15. The van der Waals surface area contributed by atoms with E-state index in [1.54, 1.807) is 0 Å². The molecule has 0 aromatic carbocycles. The molecule has 0 saturated carbocycles. The first-order valence-electron chi connectivity index (χ1n) is 9.32. The van der Waals surface area contributed by atoms with Crippen molar-refractivity contribution in [3.8, 4) is 0 Å². The fraction of sp³-hybridized carbons (Fsp3) is 0.500. The highest BCUT2D eigenvalue weighted by molar-refractivity contribution is 14.1. The summed E-state index contributed by atoms with van der Waals surface area (Å²) in [7, 11) is 0. The van der Waals surface area contributed by atoms with Gasteiger partial charge in [0.25, 0.3) is 0 Å². The lowest BCUT2D eigenvalue weighted by atomic mass is 10.1. The first-order chi connectivity index (χ1) is 12.2. The lowest BCUT2D eigenvalue weighted by Gasteiger charge is -2.14. The molecule has 0 aromatic rings. The van der Waals surface area contributed by atoms with Gasteiger partial charge in [0.1, 0.15) is 6.10 Å². The summed E-state index contributed by atoms with van der Waals surface area (Å²) in [6, 6.07) is 0. The highest BCUT2D eigenvalue weighted by Crippen LogP contribution is 2.24. The summed E-state index contributed by atoms with van der Waals surface area (Å²) in [5, 5.41) is 0. The predicted molar refractivity (Wildman–Crippen MR) is 116 cm³/mol. The van der Waals surface area contributed by atoms with E-state index in [0.717, 1.165) is 44.9 Å². The zero-order valence-corrected chi connectivity index (χ0v) is 17.4. The Hall–Kier alpha value is -1.10. The Labute approximate surface area is 166 Å². The number of alkyl halides is 1.